The minimum Gasteiger partial charge on any atom is -0.375 e. The molecule has 5 nitrogen and oxygen atoms in total. The molecule has 7 heteroatoms. The largest absolute Gasteiger partial charge is 0.375 e. The maximum absolute atomic E-state index is 12.0. The van der Waals surface area contributed by atoms with Crippen molar-refractivity contribution >= 4 is 30.7 Å². The van der Waals surface area contributed by atoms with Crippen LogP contribution in [0, 0.1) is 0 Å². The highest BCUT2D eigenvalue weighted by Gasteiger charge is 2.29. The van der Waals surface area contributed by atoms with Crippen molar-refractivity contribution in [2.45, 2.75) is 38.5 Å². The van der Waals surface area contributed by atoms with Crippen LogP contribution in [0.25, 0.3) is 0 Å². The van der Waals surface area contributed by atoms with E-state index in [0.717, 1.165) is 6.54 Å². The molecule has 1 rings (SSSR count). The van der Waals surface area contributed by atoms with Crippen molar-refractivity contribution in [1.29, 1.82) is 0 Å². The molecule has 19 heavy (non-hydrogen) atoms. The van der Waals surface area contributed by atoms with Crippen LogP contribution in [0.1, 0.15) is 20.8 Å². The van der Waals surface area contributed by atoms with Crippen LogP contribution in [-0.4, -0.2) is 62.3 Å². The molecular weight excluding hydrogens is 289 g/mol. The average Bonchev–Trinajstić information content (AvgIpc) is 2.26. The number of hydrogen-bond donors (Lipinski definition) is 2. The summed E-state index contributed by atoms with van der Waals surface area (Å²) in [7, 11) is 4.02. The number of nitrogens with zero attached hydrogens (tertiary/aromatic N) is 1. The van der Waals surface area contributed by atoms with Gasteiger partial charge in [0.15, 0.2) is 0 Å². The highest BCUT2D eigenvalue weighted by atomic mass is 35.5. The lowest BCUT2D eigenvalue weighted by Gasteiger charge is -2.34. The number of morpholine rings is 1. The third kappa shape index (κ3) is 6.27. The van der Waals surface area contributed by atoms with E-state index in [4.69, 9.17) is 4.74 Å². The van der Waals surface area contributed by atoms with Gasteiger partial charge in [-0.3, -0.25) is 4.79 Å². The fourth-order valence-electron chi connectivity index (χ4n) is 1.60. The highest BCUT2D eigenvalue weighted by Crippen LogP contribution is 2.09. The van der Waals surface area contributed by atoms with Crippen molar-refractivity contribution in [3.8, 4) is 0 Å². The van der Waals surface area contributed by atoms with E-state index in [0.29, 0.717) is 13.2 Å². The van der Waals surface area contributed by atoms with Crippen LogP contribution in [0.5, 0.6) is 0 Å². The summed E-state index contributed by atoms with van der Waals surface area (Å²) in [4.78, 5) is 14.1. The summed E-state index contributed by atoms with van der Waals surface area (Å²) in [5.74, 6) is 0.0205. The van der Waals surface area contributed by atoms with Crippen LogP contribution in [0.2, 0.25) is 0 Å². The van der Waals surface area contributed by atoms with E-state index in [1.807, 2.05) is 21.0 Å². The van der Waals surface area contributed by atoms with Gasteiger partial charge in [-0.15, -0.1) is 24.8 Å². The van der Waals surface area contributed by atoms with Gasteiger partial charge in [-0.25, -0.2) is 0 Å². The summed E-state index contributed by atoms with van der Waals surface area (Å²) in [6.45, 7) is 8.16. The van der Waals surface area contributed by atoms with Gasteiger partial charge in [0.2, 0.25) is 5.91 Å². The second-order valence-corrected chi connectivity index (χ2v) is 5.43. The normalized spacial score (nSPS) is 23.3. The summed E-state index contributed by atoms with van der Waals surface area (Å²) in [5.41, 5.74) is -0.0472. The lowest BCUT2D eigenvalue weighted by atomic mass is 10.0. The van der Waals surface area contributed by atoms with Crippen LogP contribution in [0.3, 0.4) is 0 Å². The molecule has 0 aromatic rings. The SMILES string of the molecule is C[C@H]1OCCN[C@@H]1C(=O)NCC(C)(C)N(C)C.Cl.Cl. The van der Waals surface area contributed by atoms with Crippen molar-refractivity contribution in [1.82, 2.24) is 15.5 Å². The molecule has 0 spiro atoms. The number of amides is 1. The fourth-order valence-corrected chi connectivity index (χ4v) is 1.60. The predicted molar refractivity (Wildman–Crippen MR) is 82.5 cm³/mol. The zero-order valence-electron chi connectivity index (χ0n) is 12.4. The number of halogens is 2. The second-order valence-electron chi connectivity index (χ2n) is 5.43. The average molecular weight is 316 g/mol. The Hall–Kier alpha value is -0.0700. The molecule has 1 amide bonds. The molecule has 0 bridgehead atoms. The first-order chi connectivity index (χ1) is 7.84. The quantitative estimate of drug-likeness (QED) is 0.800. The Morgan fingerprint density at radius 3 is 2.47 bits per heavy atom. The monoisotopic (exact) mass is 315 g/mol. The summed E-state index contributed by atoms with van der Waals surface area (Å²) in [5, 5.41) is 6.16. The molecule has 1 saturated heterocycles. The van der Waals surface area contributed by atoms with Crippen molar-refractivity contribution in [3.63, 3.8) is 0 Å². The first kappa shape index (κ1) is 21.2. The van der Waals surface area contributed by atoms with E-state index in [1.54, 1.807) is 0 Å². The van der Waals surface area contributed by atoms with Crippen molar-refractivity contribution < 1.29 is 9.53 Å². The van der Waals surface area contributed by atoms with E-state index >= 15 is 0 Å². The summed E-state index contributed by atoms with van der Waals surface area (Å²) in [6.07, 6.45) is -0.0637. The molecule has 0 aromatic carbocycles. The number of nitrogens with one attached hydrogen (secondary N) is 2. The molecule has 0 saturated carbocycles. The third-order valence-corrected chi connectivity index (χ3v) is 3.50. The van der Waals surface area contributed by atoms with Gasteiger partial charge in [-0.05, 0) is 34.9 Å². The number of carbonyl (C=O) groups is 1. The van der Waals surface area contributed by atoms with Crippen LogP contribution in [-0.2, 0) is 9.53 Å². The Balaban J connectivity index is 0. The van der Waals surface area contributed by atoms with Gasteiger partial charge in [0.05, 0.1) is 12.7 Å². The Bertz CT molecular complexity index is 276. The van der Waals surface area contributed by atoms with Crippen LogP contribution >= 0.6 is 24.8 Å². The van der Waals surface area contributed by atoms with E-state index in [-0.39, 0.29) is 48.4 Å². The Kier molecular flexibility index (Phi) is 10.0. The molecule has 0 radical (unpaired) electrons. The smallest absolute Gasteiger partial charge is 0.239 e. The van der Waals surface area contributed by atoms with Crippen LogP contribution in [0.15, 0.2) is 0 Å². The zero-order valence-corrected chi connectivity index (χ0v) is 14.0. The first-order valence-electron chi connectivity index (χ1n) is 6.15. The molecule has 1 heterocycles. The Labute approximate surface area is 128 Å². The molecule has 1 fully saturated rings. The first-order valence-corrected chi connectivity index (χ1v) is 6.15. The summed E-state index contributed by atoms with van der Waals surface area (Å²) >= 11 is 0. The molecule has 0 unspecified atom stereocenters. The summed E-state index contributed by atoms with van der Waals surface area (Å²) in [6, 6.07) is -0.235. The zero-order chi connectivity index (χ0) is 13.1. The fraction of sp³-hybridized carbons (Fsp3) is 0.917. The van der Waals surface area contributed by atoms with Gasteiger partial charge in [0, 0.05) is 18.6 Å². The maximum Gasteiger partial charge on any atom is 0.239 e. The lowest BCUT2D eigenvalue weighted by Crippen LogP contribution is -2.58. The van der Waals surface area contributed by atoms with E-state index < -0.39 is 0 Å². The molecule has 1 aliphatic rings. The van der Waals surface area contributed by atoms with Gasteiger partial charge in [0.1, 0.15) is 6.04 Å². The molecule has 0 aromatic heterocycles. The lowest BCUT2D eigenvalue weighted by molar-refractivity contribution is -0.129. The number of likely N-dealkylation sites (N-methyl/N-ethyl adjacent to an activating group) is 1. The molecule has 0 aliphatic carbocycles. The molecule has 2 N–H and O–H groups in total. The standard InChI is InChI=1S/C12H25N3O2.2ClH/c1-9-10(13-6-7-17-9)11(16)14-8-12(2,3)15(4)5;;/h9-10,13H,6-8H2,1-5H3,(H,14,16);2*1H/t9-,10+;;/m1../s1. The van der Waals surface area contributed by atoms with Gasteiger partial charge < -0.3 is 20.3 Å². The van der Waals surface area contributed by atoms with Gasteiger partial charge in [0.25, 0.3) is 0 Å². The maximum atomic E-state index is 12.0. The second kappa shape index (κ2) is 8.97. The van der Waals surface area contributed by atoms with E-state index in [2.05, 4.69) is 29.4 Å². The highest BCUT2D eigenvalue weighted by molar-refractivity contribution is 5.85. The summed E-state index contributed by atoms with van der Waals surface area (Å²) < 4.78 is 5.46. The van der Waals surface area contributed by atoms with E-state index in [9.17, 15) is 4.79 Å². The number of hydrogen-bond acceptors (Lipinski definition) is 4. The number of ether oxygens (including phenoxy) is 1. The van der Waals surface area contributed by atoms with Crippen molar-refractivity contribution in [2.24, 2.45) is 0 Å². The Morgan fingerprint density at radius 1 is 1.42 bits per heavy atom. The van der Waals surface area contributed by atoms with Crippen molar-refractivity contribution in [3.05, 3.63) is 0 Å². The molecular formula is C12H27Cl2N3O2. The topological polar surface area (TPSA) is 53.6 Å². The minimum absolute atomic E-state index is 0. The number of rotatable bonds is 4. The predicted octanol–water partition coefficient (Wildman–Crippen LogP) is 0.663. The molecule has 116 valence electrons. The van der Waals surface area contributed by atoms with Crippen molar-refractivity contribution in [2.75, 3.05) is 33.8 Å². The molecule has 2 atom stereocenters. The van der Waals surface area contributed by atoms with Crippen LogP contribution < -0.4 is 10.6 Å². The van der Waals surface area contributed by atoms with Gasteiger partial charge >= 0.3 is 0 Å². The number of carbonyl (C=O) groups excluding carboxylic acids is 1. The molecule has 1 aliphatic heterocycles. The Morgan fingerprint density at radius 2 is 2.00 bits per heavy atom. The third-order valence-electron chi connectivity index (χ3n) is 3.50. The van der Waals surface area contributed by atoms with Crippen LogP contribution in [0.4, 0.5) is 0 Å². The minimum atomic E-state index is -0.235. The van der Waals surface area contributed by atoms with Gasteiger partial charge in [-0.2, -0.15) is 0 Å². The van der Waals surface area contributed by atoms with E-state index in [1.165, 1.54) is 0 Å². The van der Waals surface area contributed by atoms with Gasteiger partial charge in [-0.1, -0.05) is 0 Å².